The van der Waals surface area contributed by atoms with Crippen molar-refractivity contribution in [3.63, 3.8) is 0 Å². The highest BCUT2D eigenvalue weighted by atomic mass is 32.1. The van der Waals surface area contributed by atoms with Gasteiger partial charge in [-0.15, -0.1) is 11.3 Å². The van der Waals surface area contributed by atoms with Gasteiger partial charge < -0.3 is 5.32 Å². The lowest BCUT2D eigenvalue weighted by Gasteiger charge is -2.01. The maximum atomic E-state index is 12.0. The van der Waals surface area contributed by atoms with E-state index in [9.17, 15) is 9.59 Å². The van der Waals surface area contributed by atoms with E-state index in [0.717, 1.165) is 21.5 Å². The fourth-order valence-corrected chi connectivity index (χ4v) is 4.03. The van der Waals surface area contributed by atoms with Gasteiger partial charge in [0.05, 0.1) is 15.1 Å². The van der Waals surface area contributed by atoms with Crippen LogP contribution in [0.3, 0.4) is 0 Å². The Balaban J connectivity index is 1.52. The van der Waals surface area contributed by atoms with E-state index in [-0.39, 0.29) is 11.7 Å². The van der Waals surface area contributed by atoms with Gasteiger partial charge in [-0.3, -0.25) is 9.59 Å². The molecule has 4 nitrogen and oxygen atoms in total. The minimum atomic E-state index is -0.0937. The van der Waals surface area contributed by atoms with Gasteiger partial charge >= 0.3 is 0 Å². The number of anilines is 1. The Kier molecular flexibility index (Phi) is 5.37. The van der Waals surface area contributed by atoms with Crippen LogP contribution in [0.1, 0.15) is 41.4 Å². The Morgan fingerprint density at radius 1 is 1.21 bits per heavy atom. The second-order valence-corrected chi connectivity index (χ2v) is 7.46. The van der Waals surface area contributed by atoms with Crippen molar-refractivity contribution in [2.45, 2.75) is 32.6 Å². The summed E-state index contributed by atoms with van der Waals surface area (Å²) in [5, 5.41) is 5.34. The van der Waals surface area contributed by atoms with Crippen LogP contribution in [0.25, 0.3) is 10.2 Å². The van der Waals surface area contributed by atoms with E-state index in [0.29, 0.717) is 24.4 Å². The number of carbonyl (C=O) groups is 2. The first-order valence-corrected chi connectivity index (χ1v) is 9.61. The average Bonchev–Trinajstić information content (AvgIpc) is 3.23. The zero-order valence-electron chi connectivity index (χ0n) is 13.4. The molecule has 0 radical (unpaired) electrons. The molecule has 0 saturated heterocycles. The topological polar surface area (TPSA) is 59.1 Å². The highest BCUT2D eigenvalue weighted by molar-refractivity contribution is 7.22. The predicted octanol–water partition coefficient (Wildman–Crippen LogP) is 4.91. The van der Waals surface area contributed by atoms with Crippen molar-refractivity contribution in [3.8, 4) is 0 Å². The molecule has 3 rings (SSSR count). The lowest BCUT2D eigenvalue weighted by molar-refractivity contribution is -0.116. The zero-order chi connectivity index (χ0) is 16.9. The Morgan fingerprint density at radius 2 is 2.08 bits per heavy atom. The summed E-state index contributed by atoms with van der Waals surface area (Å²) in [6.07, 6.45) is 2.25. The standard InChI is InChI=1S/C18H18N2O2S2/c1-2-12-8-9-13-16(11-12)24-18(19-13)20-17(22)7-3-5-14(21)15-6-4-10-23-15/h4,6,8-11H,2-3,5,7H2,1H3,(H,19,20,22). The van der Waals surface area contributed by atoms with E-state index in [1.54, 1.807) is 0 Å². The zero-order valence-corrected chi connectivity index (χ0v) is 15.0. The highest BCUT2D eigenvalue weighted by Crippen LogP contribution is 2.27. The first-order valence-electron chi connectivity index (χ1n) is 7.91. The number of thiazole rings is 1. The van der Waals surface area contributed by atoms with Crippen molar-refractivity contribution < 1.29 is 9.59 Å². The average molecular weight is 358 g/mol. The number of nitrogens with one attached hydrogen (secondary N) is 1. The number of ketones is 1. The van der Waals surface area contributed by atoms with Crippen molar-refractivity contribution in [3.05, 3.63) is 46.2 Å². The molecule has 6 heteroatoms. The summed E-state index contributed by atoms with van der Waals surface area (Å²) < 4.78 is 1.08. The third-order valence-corrected chi connectivity index (χ3v) is 5.56. The Bertz CT molecular complexity index is 853. The smallest absolute Gasteiger partial charge is 0.226 e. The van der Waals surface area contributed by atoms with Gasteiger partial charge in [0, 0.05) is 12.8 Å². The molecule has 0 spiro atoms. The normalized spacial score (nSPS) is 10.9. The maximum absolute atomic E-state index is 12.0. The molecule has 1 aromatic carbocycles. The first-order chi connectivity index (χ1) is 11.7. The molecule has 0 aliphatic rings. The number of thiophene rings is 1. The van der Waals surface area contributed by atoms with Crippen molar-refractivity contribution in [2.75, 3.05) is 5.32 Å². The van der Waals surface area contributed by atoms with Crippen LogP contribution in [0.15, 0.2) is 35.7 Å². The summed E-state index contributed by atoms with van der Waals surface area (Å²) >= 11 is 2.92. The molecule has 3 aromatic rings. The van der Waals surface area contributed by atoms with E-state index in [2.05, 4.69) is 29.4 Å². The lowest BCUT2D eigenvalue weighted by atomic mass is 10.1. The molecule has 2 heterocycles. The molecular formula is C18H18N2O2S2. The number of nitrogens with zero attached hydrogens (tertiary/aromatic N) is 1. The molecule has 0 unspecified atom stereocenters. The number of hydrogen-bond donors (Lipinski definition) is 1. The van der Waals surface area contributed by atoms with Crippen molar-refractivity contribution in [2.24, 2.45) is 0 Å². The number of Topliss-reactive ketones (excluding diaryl/α,β-unsaturated/α-hetero) is 1. The van der Waals surface area contributed by atoms with Gasteiger partial charge in [-0.05, 0) is 42.0 Å². The minimum Gasteiger partial charge on any atom is -0.302 e. The molecule has 124 valence electrons. The van der Waals surface area contributed by atoms with Crippen molar-refractivity contribution in [1.29, 1.82) is 0 Å². The molecular weight excluding hydrogens is 340 g/mol. The largest absolute Gasteiger partial charge is 0.302 e. The van der Waals surface area contributed by atoms with Gasteiger partial charge in [0.15, 0.2) is 10.9 Å². The Labute approximate surface area is 148 Å². The van der Waals surface area contributed by atoms with Gasteiger partial charge in [0.25, 0.3) is 0 Å². The first kappa shape index (κ1) is 16.8. The molecule has 0 bridgehead atoms. The number of carbonyl (C=O) groups excluding carboxylic acids is 2. The molecule has 0 saturated carbocycles. The summed E-state index contributed by atoms with van der Waals surface area (Å²) in [4.78, 5) is 29.1. The molecule has 1 amide bonds. The van der Waals surface area contributed by atoms with Gasteiger partial charge in [0.2, 0.25) is 5.91 Å². The quantitative estimate of drug-likeness (QED) is 0.610. The van der Waals surface area contributed by atoms with Gasteiger partial charge in [-0.25, -0.2) is 4.98 Å². The summed E-state index contributed by atoms with van der Waals surface area (Å²) in [5.74, 6) is 0.00799. The molecule has 24 heavy (non-hydrogen) atoms. The fourth-order valence-electron chi connectivity index (χ4n) is 2.39. The molecule has 0 aliphatic carbocycles. The summed E-state index contributed by atoms with van der Waals surface area (Å²) in [6.45, 7) is 2.11. The maximum Gasteiger partial charge on any atom is 0.226 e. The third kappa shape index (κ3) is 4.07. The Hall–Kier alpha value is -2.05. The molecule has 1 N–H and O–H groups in total. The molecule has 2 aromatic heterocycles. The summed E-state index contributed by atoms with van der Waals surface area (Å²) in [5.41, 5.74) is 2.16. The van der Waals surface area contributed by atoms with Crippen molar-refractivity contribution in [1.82, 2.24) is 4.98 Å². The molecule has 0 aliphatic heterocycles. The number of aromatic nitrogens is 1. The number of amides is 1. The van der Waals surface area contributed by atoms with E-state index in [1.165, 1.54) is 28.2 Å². The summed E-state index contributed by atoms with van der Waals surface area (Å²) in [7, 11) is 0. The van der Waals surface area contributed by atoms with Crippen LogP contribution in [0.2, 0.25) is 0 Å². The van der Waals surface area contributed by atoms with Crippen LogP contribution < -0.4 is 5.32 Å². The number of hydrogen-bond acceptors (Lipinski definition) is 5. The monoisotopic (exact) mass is 358 g/mol. The van der Waals surface area contributed by atoms with Gasteiger partial charge in [-0.2, -0.15) is 0 Å². The van der Waals surface area contributed by atoms with Gasteiger partial charge in [-0.1, -0.05) is 30.4 Å². The van der Waals surface area contributed by atoms with Gasteiger partial charge in [0.1, 0.15) is 0 Å². The molecule has 0 atom stereocenters. The minimum absolute atomic E-state index is 0.0937. The van der Waals surface area contributed by atoms with E-state index >= 15 is 0 Å². The Morgan fingerprint density at radius 3 is 2.83 bits per heavy atom. The number of benzene rings is 1. The SMILES string of the molecule is CCc1ccc2nc(NC(=O)CCCC(=O)c3cccs3)sc2c1. The summed E-state index contributed by atoms with van der Waals surface area (Å²) in [6, 6.07) is 9.84. The van der Waals surface area contributed by atoms with Crippen molar-refractivity contribution >= 4 is 49.7 Å². The van der Waals surface area contributed by atoms with E-state index in [4.69, 9.17) is 0 Å². The number of aryl methyl sites for hydroxylation is 1. The number of fused-ring (bicyclic) bond motifs is 1. The van der Waals surface area contributed by atoms with E-state index < -0.39 is 0 Å². The number of rotatable bonds is 7. The third-order valence-electron chi connectivity index (χ3n) is 3.71. The fraction of sp³-hybridized carbons (Fsp3) is 0.278. The van der Waals surface area contributed by atoms with Crippen LogP contribution in [0.4, 0.5) is 5.13 Å². The van der Waals surface area contributed by atoms with Crippen LogP contribution in [0.5, 0.6) is 0 Å². The van der Waals surface area contributed by atoms with Crippen LogP contribution in [-0.4, -0.2) is 16.7 Å². The second-order valence-electron chi connectivity index (χ2n) is 5.48. The second kappa shape index (κ2) is 7.68. The molecule has 0 fully saturated rings. The lowest BCUT2D eigenvalue weighted by Crippen LogP contribution is -2.11. The van der Waals surface area contributed by atoms with E-state index in [1.807, 2.05) is 23.6 Å². The van der Waals surface area contributed by atoms with Crippen LogP contribution in [-0.2, 0) is 11.2 Å². The highest BCUT2D eigenvalue weighted by Gasteiger charge is 2.11. The predicted molar refractivity (Wildman–Crippen MR) is 100 cm³/mol. The van der Waals surface area contributed by atoms with Crippen LogP contribution >= 0.6 is 22.7 Å². The van der Waals surface area contributed by atoms with Crippen LogP contribution in [0, 0.1) is 0 Å².